The van der Waals surface area contributed by atoms with Gasteiger partial charge < -0.3 is 0 Å². The Labute approximate surface area is 118 Å². The van der Waals surface area contributed by atoms with E-state index in [2.05, 4.69) is 17.2 Å². The van der Waals surface area contributed by atoms with Gasteiger partial charge in [0.15, 0.2) is 0 Å². The van der Waals surface area contributed by atoms with Gasteiger partial charge in [-0.05, 0) is 11.1 Å². The van der Waals surface area contributed by atoms with Gasteiger partial charge in [0.2, 0.25) is 5.91 Å². The molecule has 1 aliphatic rings. The minimum Gasteiger partial charge on any atom is -0.273 e. The molecule has 0 saturated carbocycles. The van der Waals surface area contributed by atoms with Crippen LogP contribution in [0.5, 0.6) is 0 Å². The van der Waals surface area contributed by atoms with Crippen molar-refractivity contribution >= 4 is 11.6 Å². The molecule has 20 heavy (non-hydrogen) atoms. The van der Waals surface area contributed by atoms with E-state index in [4.69, 9.17) is 0 Å². The lowest BCUT2D eigenvalue weighted by Gasteiger charge is -2.14. The molecular formula is C17H16N2O. The number of hydrazone groups is 1. The molecule has 0 aromatic heterocycles. The first kappa shape index (κ1) is 12.6. The molecule has 100 valence electrons. The maximum atomic E-state index is 11.6. The van der Waals surface area contributed by atoms with Gasteiger partial charge in [-0.1, -0.05) is 60.7 Å². The van der Waals surface area contributed by atoms with Crippen molar-refractivity contribution in [1.29, 1.82) is 0 Å². The zero-order valence-electron chi connectivity index (χ0n) is 11.4. The topological polar surface area (TPSA) is 32.7 Å². The normalized spacial score (nSPS) is 17.9. The van der Waals surface area contributed by atoms with Crippen molar-refractivity contribution < 1.29 is 4.79 Å². The quantitative estimate of drug-likeness (QED) is 0.820. The third kappa shape index (κ3) is 2.35. The summed E-state index contributed by atoms with van der Waals surface area (Å²) in [5.41, 5.74) is 3.23. The van der Waals surface area contributed by atoms with Crippen LogP contribution in [0, 0.1) is 0 Å². The van der Waals surface area contributed by atoms with Crippen molar-refractivity contribution in [3.63, 3.8) is 0 Å². The Hall–Kier alpha value is -2.42. The van der Waals surface area contributed by atoms with E-state index in [0.29, 0.717) is 6.54 Å². The fourth-order valence-corrected chi connectivity index (χ4v) is 2.52. The molecule has 2 aromatic carbocycles. The lowest BCUT2D eigenvalue weighted by Crippen LogP contribution is -2.23. The van der Waals surface area contributed by atoms with Crippen LogP contribution >= 0.6 is 0 Å². The van der Waals surface area contributed by atoms with E-state index >= 15 is 0 Å². The standard InChI is InChI=1S/C17H16N2O/c1-13(20)19-12-16(14-8-4-2-5-9-14)17(18-19)15-10-6-3-7-11-15/h2-11,16H,12H2,1H3. The van der Waals surface area contributed by atoms with E-state index in [9.17, 15) is 4.79 Å². The van der Waals surface area contributed by atoms with Gasteiger partial charge in [0, 0.05) is 12.8 Å². The van der Waals surface area contributed by atoms with Gasteiger partial charge in [-0.2, -0.15) is 5.10 Å². The molecule has 1 unspecified atom stereocenters. The van der Waals surface area contributed by atoms with Gasteiger partial charge >= 0.3 is 0 Å². The molecule has 1 amide bonds. The summed E-state index contributed by atoms with van der Waals surface area (Å²) in [6.07, 6.45) is 0. The van der Waals surface area contributed by atoms with Crippen molar-refractivity contribution in [1.82, 2.24) is 5.01 Å². The number of rotatable bonds is 2. The highest BCUT2D eigenvalue weighted by molar-refractivity contribution is 6.07. The van der Waals surface area contributed by atoms with Gasteiger partial charge in [0.1, 0.15) is 0 Å². The van der Waals surface area contributed by atoms with Gasteiger partial charge in [-0.3, -0.25) is 4.79 Å². The molecule has 3 nitrogen and oxygen atoms in total. The van der Waals surface area contributed by atoms with Crippen LogP contribution in [-0.2, 0) is 4.79 Å². The van der Waals surface area contributed by atoms with Crippen LogP contribution in [0.15, 0.2) is 65.8 Å². The molecule has 0 N–H and O–H groups in total. The Morgan fingerprint density at radius 1 is 1.05 bits per heavy atom. The fourth-order valence-electron chi connectivity index (χ4n) is 2.52. The van der Waals surface area contributed by atoms with E-state index < -0.39 is 0 Å². The monoisotopic (exact) mass is 264 g/mol. The first-order valence-electron chi connectivity index (χ1n) is 6.72. The molecule has 1 atom stereocenters. The largest absolute Gasteiger partial charge is 0.273 e. The minimum atomic E-state index is -0.0168. The maximum Gasteiger partial charge on any atom is 0.239 e. The second-order valence-corrected chi connectivity index (χ2v) is 4.92. The molecule has 3 heteroatoms. The highest BCUT2D eigenvalue weighted by Crippen LogP contribution is 2.28. The number of nitrogens with zero attached hydrogens (tertiary/aromatic N) is 2. The van der Waals surface area contributed by atoms with Crippen LogP contribution in [0.4, 0.5) is 0 Å². The number of benzene rings is 2. The van der Waals surface area contributed by atoms with Crippen molar-refractivity contribution in [3.05, 3.63) is 71.8 Å². The van der Waals surface area contributed by atoms with Gasteiger partial charge in [-0.25, -0.2) is 5.01 Å². The van der Waals surface area contributed by atoms with Crippen molar-refractivity contribution in [3.8, 4) is 0 Å². The van der Waals surface area contributed by atoms with Crippen LogP contribution in [-0.4, -0.2) is 23.2 Å². The molecule has 0 saturated heterocycles. The first-order valence-corrected chi connectivity index (χ1v) is 6.72. The Morgan fingerprint density at radius 3 is 2.25 bits per heavy atom. The molecule has 0 aliphatic carbocycles. The molecule has 0 bridgehead atoms. The Bertz CT molecular complexity index is 635. The lowest BCUT2D eigenvalue weighted by atomic mass is 9.91. The molecule has 0 fully saturated rings. The van der Waals surface area contributed by atoms with Gasteiger partial charge in [0.25, 0.3) is 0 Å². The van der Waals surface area contributed by atoms with E-state index in [1.807, 2.05) is 48.5 Å². The van der Waals surface area contributed by atoms with E-state index in [-0.39, 0.29) is 11.8 Å². The van der Waals surface area contributed by atoms with Gasteiger partial charge in [0.05, 0.1) is 12.3 Å². The molecule has 3 rings (SSSR count). The number of carbonyl (C=O) groups is 1. The second-order valence-electron chi connectivity index (χ2n) is 4.92. The third-order valence-electron chi connectivity index (χ3n) is 3.55. The fraction of sp³-hybridized carbons (Fsp3) is 0.176. The van der Waals surface area contributed by atoms with Crippen molar-refractivity contribution in [2.45, 2.75) is 12.8 Å². The summed E-state index contributed by atoms with van der Waals surface area (Å²) in [6, 6.07) is 20.3. The zero-order valence-corrected chi connectivity index (χ0v) is 11.4. The van der Waals surface area contributed by atoms with Crippen LogP contribution in [0.3, 0.4) is 0 Å². The zero-order chi connectivity index (χ0) is 13.9. The summed E-state index contributed by atoms with van der Waals surface area (Å²) in [7, 11) is 0. The number of hydrogen-bond donors (Lipinski definition) is 0. The molecule has 2 aromatic rings. The Kier molecular flexibility index (Phi) is 3.33. The van der Waals surface area contributed by atoms with Crippen LogP contribution < -0.4 is 0 Å². The maximum absolute atomic E-state index is 11.6. The molecule has 1 aliphatic heterocycles. The number of amides is 1. The summed E-state index contributed by atoms with van der Waals surface area (Å²) in [5, 5.41) is 6.07. The lowest BCUT2D eigenvalue weighted by molar-refractivity contribution is -0.128. The van der Waals surface area contributed by atoms with Gasteiger partial charge in [-0.15, -0.1) is 0 Å². The summed E-state index contributed by atoms with van der Waals surface area (Å²) in [4.78, 5) is 11.6. The minimum absolute atomic E-state index is 0.0168. The highest BCUT2D eigenvalue weighted by Gasteiger charge is 2.30. The average molecular weight is 264 g/mol. The van der Waals surface area contributed by atoms with Crippen molar-refractivity contribution in [2.24, 2.45) is 5.10 Å². The molecule has 0 radical (unpaired) electrons. The summed E-state index contributed by atoms with van der Waals surface area (Å²) in [6.45, 7) is 2.17. The van der Waals surface area contributed by atoms with Crippen LogP contribution in [0.2, 0.25) is 0 Å². The predicted octanol–water partition coefficient (Wildman–Crippen LogP) is 3.04. The summed E-state index contributed by atoms with van der Waals surface area (Å²) < 4.78 is 0. The molecule has 1 heterocycles. The predicted molar refractivity (Wildman–Crippen MR) is 79.5 cm³/mol. The number of carbonyl (C=O) groups excluding carboxylic acids is 1. The van der Waals surface area contributed by atoms with Crippen LogP contribution in [0.25, 0.3) is 0 Å². The first-order chi connectivity index (χ1) is 9.75. The third-order valence-corrected chi connectivity index (χ3v) is 3.55. The summed E-state index contributed by atoms with van der Waals surface area (Å²) in [5.74, 6) is 0.124. The Morgan fingerprint density at radius 2 is 1.65 bits per heavy atom. The van der Waals surface area contributed by atoms with E-state index in [1.54, 1.807) is 11.9 Å². The number of hydrogen-bond acceptors (Lipinski definition) is 2. The van der Waals surface area contributed by atoms with E-state index in [0.717, 1.165) is 11.3 Å². The Balaban J connectivity index is 2.02. The van der Waals surface area contributed by atoms with E-state index in [1.165, 1.54) is 5.56 Å². The van der Waals surface area contributed by atoms with Crippen LogP contribution in [0.1, 0.15) is 24.0 Å². The smallest absolute Gasteiger partial charge is 0.239 e. The highest BCUT2D eigenvalue weighted by atomic mass is 16.2. The average Bonchev–Trinajstić information content (AvgIpc) is 2.94. The summed E-state index contributed by atoms with van der Waals surface area (Å²) >= 11 is 0. The SMILES string of the molecule is CC(=O)N1CC(c2ccccc2)C(c2ccccc2)=N1. The molecule has 0 spiro atoms. The molecular weight excluding hydrogens is 248 g/mol. The second kappa shape index (κ2) is 5.29. The van der Waals surface area contributed by atoms with Crippen molar-refractivity contribution in [2.75, 3.05) is 6.54 Å².